The van der Waals surface area contributed by atoms with Gasteiger partial charge in [0.1, 0.15) is 0 Å². The van der Waals surface area contributed by atoms with Crippen LogP contribution >= 0.6 is 0 Å². The molecule has 26 heavy (non-hydrogen) atoms. The third-order valence-electron chi connectivity index (χ3n) is 3.86. The molecule has 0 spiro atoms. The van der Waals surface area contributed by atoms with E-state index < -0.39 is 23.8 Å². The number of carbonyl (C=O) groups is 3. The van der Waals surface area contributed by atoms with Gasteiger partial charge in [-0.15, -0.1) is 0 Å². The number of nitrogens with zero attached hydrogens (tertiary/aromatic N) is 3. The van der Waals surface area contributed by atoms with E-state index in [1.807, 2.05) is 13.0 Å². The summed E-state index contributed by atoms with van der Waals surface area (Å²) in [7, 11) is 0. The monoisotopic (exact) mass is 346 g/mol. The minimum Gasteiger partial charge on any atom is -0.276 e. The Morgan fingerprint density at radius 2 is 1.73 bits per heavy atom. The number of benzene rings is 2. The van der Waals surface area contributed by atoms with E-state index in [2.05, 4.69) is 10.3 Å². The summed E-state index contributed by atoms with van der Waals surface area (Å²) in [5.74, 6) is -2.61. The minimum absolute atomic E-state index is 0.377. The largest absolute Gasteiger partial charge is 0.335 e. The van der Waals surface area contributed by atoms with Crippen LogP contribution in [0.1, 0.15) is 11.1 Å². The lowest BCUT2D eigenvalue weighted by Crippen LogP contribution is -2.58. The summed E-state index contributed by atoms with van der Waals surface area (Å²) in [6.45, 7) is 1.89. The Kier molecular flexibility index (Phi) is 4.58. The Morgan fingerprint density at radius 3 is 2.35 bits per heavy atom. The van der Waals surface area contributed by atoms with Crippen LogP contribution in [0, 0.1) is 24.2 Å². The molecule has 1 aliphatic rings. The number of urea groups is 1. The zero-order valence-corrected chi connectivity index (χ0v) is 13.8. The topological polar surface area (TPSA) is 103 Å². The highest BCUT2D eigenvalue weighted by atomic mass is 16.2. The van der Waals surface area contributed by atoms with Crippen molar-refractivity contribution in [1.29, 1.82) is 5.26 Å². The van der Waals surface area contributed by atoms with Crippen LogP contribution in [0.2, 0.25) is 0 Å². The van der Waals surface area contributed by atoms with E-state index in [1.165, 1.54) is 6.21 Å². The fourth-order valence-electron chi connectivity index (χ4n) is 2.44. The third-order valence-corrected chi connectivity index (χ3v) is 3.86. The van der Waals surface area contributed by atoms with Gasteiger partial charge in [0.25, 0.3) is 5.91 Å². The molecule has 1 fully saturated rings. The van der Waals surface area contributed by atoms with Crippen LogP contribution in [0.15, 0.2) is 53.5 Å². The van der Waals surface area contributed by atoms with Crippen LogP contribution in [-0.2, 0) is 9.59 Å². The third kappa shape index (κ3) is 3.35. The van der Waals surface area contributed by atoms with Gasteiger partial charge >= 0.3 is 6.03 Å². The van der Waals surface area contributed by atoms with Crippen molar-refractivity contribution in [2.75, 3.05) is 4.90 Å². The molecule has 3 rings (SSSR count). The maximum atomic E-state index is 12.7. The second-order valence-electron chi connectivity index (χ2n) is 5.72. The van der Waals surface area contributed by atoms with Crippen molar-refractivity contribution >= 4 is 35.4 Å². The Labute approximate surface area is 149 Å². The maximum Gasteiger partial charge on any atom is 0.335 e. The summed E-state index contributed by atoms with van der Waals surface area (Å²) in [4.78, 5) is 41.9. The van der Waals surface area contributed by atoms with Gasteiger partial charge in [-0.3, -0.25) is 19.9 Å². The summed E-state index contributed by atoms with van der Waals surface area (Å²) >= 11 is 0. The first-order valence-corrected chi connectivity index (χ1v) is 7.79. The molecule has 1 atom stereocenters. The lowest BCUT2D eigenvalue weighted by atomic mass is 10.1. The Balaban J connectivity index is 1.86. The molecule has 0 bridgehead atoms. The molecular weight excluding hydrogens is 332 g/mol. The minimum atomic E-state index is -1.22. The Morgan fingerprint density at radius 1 is 1.08 bits per heavy atom. The summed E-state index contributed by atoms with van der Waals surface area (Å²) in [6, 6.07) is 14.4. The van der Waals surface area contributed by atoms with Crippen LogP contribution in [-0.4, -0.2) is 24.1 Å². The van der Waals surface area contributed by atoms with Crippen LogP contribution < -0.4 is 10.2 Å². The molecule has 7 heteroatoms. The predicted octanol–water partition coefficient (Wildman–Crippen LogP) is 2.47. The molecule has 2 aromatic rings. The number of hydrogen-bond donors (Lipinski definition) is 1. The van der Waals surface area contributed by atoms with Crippen molar-refractivity contribution in [3.8, 4) is 6.07 Å². The Bertz CT molecular complexity index is 940. The number of nitrogens with one attached hydrogen (secondary N) is 1. The standard InChI is InChI=1S/C19H14N4O3/c1-12-2-8-15(9-3-12)23-18(25)16(17(24)22-19(23)26)11-21-14-6-4-13(10-20)5-7-14/h2-9,11,16H,1H3,(H,22,24,26)/t16-/m1/s1. The summed E-state index contributed by atoms with van der Waals surface area (Å²) in [6.07, 6.45) is 1.20. The van der Waals surface area contributed by atoms with E-state index in [0.29, 0.717) is 16.9 Å². The highest BCUT2D eigenvalue weighted by Crippen LogP contribution is 2.21. The number of anilines is 1. The predicted molar refractivity (Wildman–Crippen MR) is 95.0 cm³/mol. The average Bonchev–Trinajstić information content (AvgIpc) is 2.63. The first-order valence-electron chi connectivity index (χ1n) is 7.79. The van der Waals surface area contributed by atoms with Gasteiger partial charge in [-0.05, 0) is 43.3 Å². The molecule has 0 unspecified atom stereocenters. The molecule has 0 radical (unpaired) electrons. The number of carbonyl (C=O) groups excluding carboxylic acids is 3. The smallest absolute Gasteiger partial charge is 0.276 e. The number of nitriles is 1. The van der Waals surface area contributed by atoms with Gasteiger partial charge < -0.3 is 0 Å². The summed E-state index contributed by atoms with van der Waals surface area (Å²) in [5, 5.41) is 11.0. The van der Waals surface area contributed by atoms with E-state index in [1.54, 1.807) is 48.5 Å². The van der Waals surface area contributed by atoms with Crippen LogP contribution in [0.5, 0.6) is 0 Å². The van der Waals surface area contributed by atoms with Crippen molar-refractivity contribution in [1.82, 2.24) is 5.32 Å². The number of imide groups is 2. The average molecular weight is 346 g/mol. The fourth-order valence-corrected chi connectivity index (χ4v) is 2.44. The molecule has 7 nitrogen and oxygen atoms in total. The molecule has 2 aromatic carbocycles. The normalized spacial score (nSPS) is 17.3. The maximum absolute atomic E-state index is 12.7. The molecule has 1 aliphatic heterocycles. The first-order chi connectivity index (χ1) is 12.5. The molecule has 128 valence electrons. The van der Waals surface area contributed by atoms with Gasteiger partial charge in [0, 0.05) is 6.21 Å². The highest BCUT2D eigenvalue weighted by Gasteiger charge is 2.40. The van der Waals surface area contributed by atoms with Gasteiger partial charge in [0.05, 0.1) is 23.0 Å². The quantitative estimate of drug-likeness (QED) is 0.681. The van der Waals surface area contributed by atoms with E-state index in [0.717, 1.165) is 10.5 Å². The zero-order chi connectivity index (χ0) is 18.7. The number of rotatable bonds is 3. The van der Waals surface area contributed by atoms with Gasteiger partial charge in [0.2, 0.25) is 5.91 Å². The van der Waals surface area contributed by atoms with E-state index in [-0.39, 0.29) is 0 Å². The molecular formula is C19H14N4O3. The molecule has 0 saturated carbocycles. The van der Waals surface area contributed by atoms with Crippen LogP contribution in [0.4, 0.5) is 16.2 Å². The van der Waals surface area contributed by atoms with Crippen molar-refractivity contribution < 1.29 is 14.4 Å². The van der Waals surface area contributed by atoms with Crippen molar-refractivity contribution in [2.24, 2.45) is 10.9 Å². The number of aryl methyl sites for hydroxylation is 1. The van der Waals surface area contributed by atoms with Gasteiger partial charge in [-0.25, -0.2) is 9.69 Å². The van der Waals surface area contributed by atoms with Crippen LogP contribution in [0.3, 0.4) is 0 Å². The summed E-state index contributed by atoms with van der Waals surface area (Å²) < 4.78 is 0. The second-order valence-corrected chi connectivity index (χ2v) is 5.72. The molecule has 1 N–H and O–H groups in total. The second kappa shape index (κ2) is 6.99. The van der Waals surface area contributed by atoms with Crippen LogP contribution in [0.25, 0.3) is 0 Å². The van der Waals surface area contributed by atoms with Gasteiger partial charge in [-0.2, -0.15) is 5.26 Å². The van der Waals surface area contributed by atoms with Gasteiger partial charge in [0.15, 0.2) is 5.92 Å². The number of amides is 4. The lowest BCUT2D eigenvalue weighted by molar-refractivity contribution is -0.131. The number of hydrogen-bond acceptors (Lipinski definition) is 5. The van der Waals surface area contributed by atoms with E-state index in [9.17, 15) is 14.4 Å². The van der Waals surface area contributed by atoms with Crippen molar-refractivity contribution in [2.45, 2.75) is 6.92 Å². The highest BCUT2D eigenvalue weighted by molar-refractivity contribution is 6.32. The molecule has 1 heterocycles. The molecule has 1 saturated heterocycles. The lowest BCUT2D eigenvalue weighted by Gasteiger charge is -2.28. The first kappa shape index (κ1) is 17.0. The summed E-state index contributed by atoms with van der Waals surface area (Å²) in [5.41, 5.74) is 2.32. The van der Waals surface area contributed by atoms with E-state index >= 15 is 0 Å². The molecule has 0 aromatic heterocycles. The van der Waals surface area contributed by atoms with Crippen molar-refractivity contribution in [3.05, 3.63) is 59.7 Å². The zero-order valence-electron chi connectivity index (χ0n) is 13.8. The van der Waals surface area contributed by atoms with E-state index in [4.69, 9.17) is 5.26 Å². The van der Waals surface area contributed by atoms with Crippen molar-refractivity contribution in [3.63, 3.8) is 0 Å². The Hall–Kier alpha value is -3.79. The van der Waals surface area contributed by atoms with Gasteiger partial charge in [-0.1, -0.05) is 17.7 Å². The fraction of sp³-hybridized carbons (Fsp3) is 0.105. The molecule has 4 amide bonds. The molecule has 0 aliphatic carbocycles. The number of aliphatic imine (C=N–C) groups is 1. The number of barbiturate groups is 1. The SMILES string of the molecule is Cc1ccc(N2C(=O)NC(=O)[C@@H](C=Nc3ccc(C#N)cc3)C2=O)cc1.